The fourth-order valence-electron chi connectivity index (χ4n) is 2.81. The zero-order valence-corrected chi connectivity index (χ0v) is 13.6. The molecule has 0 radical (unpaired) electrons. The molecule has 23 heavy (non-hydrogen) atoms. The van der Waals surface area contributed by atoms with E-state index in [1.165, 1.54) is 0 Å². The van der Waals surface area contributed by atoms with Crippen molar-refractivity contribution in [3.63, 3.8) is 0 Å². The van der Waals surface area contributed by atoms with Gasteiger partial charge in [0.2, 0.25) is 5.88 Å². The van der Waals surface area contributed by atoms with Crippen LogP contribution in [0.1, 0.15) is 19.4 Å². The number of anilines is 1. The lowest BCUT2D eigenvalue weighted by Gasteiger charge is -2.26. The lowest BCUT2D eigenvalue weighted by atomic mass is 10.0. The average molecular weight is 312 g/mol. The number of methoxy groups -OCH3 is 1. The third-order valence-corrected chi connectivity index (χ3v) is 3.89. The van der Waals surface area contributed by atoms with Crippen molar-refractivity contribution in [3.8, 4) is 17.0 Å². The summed E-state index contributed by atoms with van der Waals surface area (Å²) in [6.07, 6.45) is 1.78. The number of rotatable bonds is 3. The summed E-state index contributed by atoms with van der Waals surface area (Å²) in [5.41, 5.74) is 3.98. The molecule has 3 rings (SSSR count). The molecule has 5 heteroatoms. The number of nitrogens with zero attached hydrogens (tertiary/aromatic N) is 2. The Kier molecular flexibility index (Phi) is 4.30. The highest BCUT2D eigenvalue weighted by Crippen LogP contribution is 2.31. The van der Waals surface area contributed by atoms with Crippen molar-refractivity contribution in [2.45, 2.75) is 26.5 Å². The molecule has 0 aliphatic carbocycles. The molecule has 0 atom stereocenters. The van der Waals surface area contributed by atoms with E-state index in [4.69, 9.17) is 9.47 Å². The van der Waals surface area contributed by atoms with Gasteiger partial charge in [-0.3, -0.25) is 4.79 Å². The summed E-state index contributed by atoms with van der Waals surface area (Å²) < 4.78 is 10.6. The third kappa shape index (κ3) is 3.05. The SMILES string of the molecule is COc1ccc(-c2ccc3c(c2)COCC(=O)N3C(C)C)cn1. The monoisotopic (exact) mass is 312 g/mol. The largest absolute Gasteiger partial charge is 0.481 e. The van der Waals surface area contributed by atoms with Crippen LogP contribution in [0.5, 0.6) is 5.88 Å². The summed E-state index contributed by atoms with van der Waals surface area (Å²) in [6, 6.07) is 9.96. The smallest absolute Gasteiger partial charge is 0.253 e. The van der Waals surface area contributed by atoms with Gasteiger partial charge in [0, 0.05) is 35.1 Å². The van der Waals surface area contributed by atoms with Gasteiger partial charge in [0.15, 0.2) is 0 Å². The molecule has 0 saturated heterocycles. The molecule has 1 aromatic carbocycles. The minimum atomic E-state index is -0.00221. The molecule has 0 spiro atoms. The fraction of sp³-hybridized carbons (Fsp3) is 0.333. The van der Waals surface area contributed by atoms with Gasteiger partial charge in [-0.2, -0.15) is 0 Å². The Morgan fingerprint density at radius 1 is 1.17 bits per heavy atom. The van der Waals surface area contributed by atoms with Gasteiger partial charge in [-0.15, -0.1) is 0 Å². The molecule has 5 nitrogen and oxygen atoms in total. The average Bonchev–Trinajstić information content (AvgIpc) is 2.72. The number of hydrogen-bond donors (Lipinski definition) is 0. The van der Waals surface area contributed by atoms with Gasteiger partial charge in [0.1, 0.15) is 6.61 Å². The third-order valence-electron chi connectivity index (χ3n) is 3.89. The zero-order valence-electron chi connectivity index (χ0n) is 13.6. The summed E-state index contributed by atoms with van der Waals surface area (Å²) in [7, 11) is 1.60. The molecule has 0 bridgehead atoms. The highest BCUT2D eigenvalue weighted by Gasteiger charge is 2.25. The number of fused-ring (bicyclic) bond motifs is 1. The van der Waals surface area contributed by atoms with Gasteiger partial charge in [0.25, 0.3) is 5.91 Å². The van der Waals surface area contributed by atoms with Crippen LogP contribution < -0.4 is 9.64 Å². The number of carbonyl (C=O) groups is 1. The molecular formula is C18H20N2O3. The van der Waals surface area contributed by atoms with E-state index in [-0.39, 0.29) is 18.6 Å². The second-order valence-electron chi connectivity index (χ2n) is 5.78. The molecule has 1 aromatic heterocycles. The lowest BCUT2D eigenvalue weighted by Crippen LogP contribution is -2.38. The van der Waals surface area contributed by atoms with Crippen LogP contribution in [0.2, 0.25) is 0 Å². The minimum absolute atomic E-state index is 0.00221. The lowest BCUT2D eigenvalue weighted by molar-refractivity contribution is -0.123. The van der Waals surface area contributed by atoms with Crippen LogP contribution in [0.4, 0.5) is 5.69 Å². The maximum Gasteiger partial charge on any atom is 0.253 e. The van der Waals surface area contributed by atoms with Gasteiger partial charge in [-0.25, -0.2) is 4.98 Å². The van der Waals surface area contributed by atoms with E-state index in [1.807, 2.05) is 38.1 Å². The molecule has 1 aliphatic heterocycles. The van der Waals surface area contributed by atoms with Crippen molar-refractivity contribution in [2.24, 2.45) is 0 Å². The van der Waals surface area contributed by atoms with Crippen LogP contribution in [-0.2, 0) is 16.1 Å². The maximum atomic E-state index is 12.2. The number of ether oxygens (including phenoxy) is 2. The molecule has 0 fully saturated rings. The highest BCUT2D eigenvalue weighted by molar-refractivity contribution is 5.96. The van der Waals surface area contributed by atoms with Gasteiger partial charge in [-0.05, 0) is 37.6 Å². The Bertz CT molecular complexity index is 711. The second kappa shape index (κ2) is 6.38. The van der Waals surface area contributed by atoms with E-state index >= 15 is 0 Å². The van der Waals surface area contributed by atoms with Gasteiger partial charge < -0.3 is 14.4 Å². The number of carbonyl (C=O) groups excluding carboxylic acids is 1. The Morgan fingerprint density at radius 2 is 1.96 bits per heavy atom. The highest BCUT2D eigenvalue weighted by atomic mass is 16.5. The zero-order chi connectivity index (χ0) is 16.4. The van der Waals surface area contributed by atoms with E-state index in [1.54, 1.807) is 18.2 Å². The van der Waals surface area contributed by atoms with Crippen molar-refractivity contribution in [1.82, 2.24) is 4.98 Å². The first-order valence-electron chi connectivity index (χ1n) is 7.63. The summed E-state index contributed by atoms with van der Waals surface area (Å²) >= 11 is 0. The predicted octanol–water partition coefficient (Wildman–Crippen LogP) is 3.03. The van der Waals surface area contributed by atoms with Crippen molar-refractivity contribution < 1.29 is 14.3 Å². The molecule has 1 aliphatic rings. The number of hydrogen-bond acceptors (Lipinski definition) is 4. The number of aromatic nitrogens is 1. The summed E-state index contributed by atoms with van der Waals surface area (Å²) in [5, 5.41) is 0. The summed E-state index contributed by atoms with van der Waals surface area (Å²) in [6.45, 7) is 4.57. The Balaban J connectivity index is 2.00. The first-order chi connectivity index (χ1) is 11.1. The molecular weight excluding hydrogens is 292 g/mol. The number of amides is 1. The van der Waals surface area contributed by atoms with E-state index in [0.717, 1.165) is 22.4 Å². The Morgan fingerprint density at radius 3 is 2.61 bits per heavy atom. The molecule has 0 saturated carbocycles. The topological polar surface area (TPSA) is 51.7 Å². The van der Waals surface area contributed by atoms with Crippen LogP contribution in [0.3, 0.4) is 0 Å². The van der Waals surface area contributed by atoms with Crippen LogP contribution in [-0.4, -0.2) is 30.6 Å². The van der Waals surface area contributed by atoms with Crippen molar-refractivity contribution in [2.75, 3.05) is 18.6 Å². The Labute approximate surface area is 135 Å². The van der Waals surface area contributed by atoms with Gasteiger partial charge in [0.05, 0.1) is 13.7 Å². The van der Waals surface area contributed by atoms with Crippen molar-refractivity contribution in [3.05, 3.63) is 42.1 Å². The van der Waals surface area contributed by atoms with E-state index < -0.39 is 0 Å². The molecule has 1 amide bonds. The van der Waals surface area contributed by atoms with Crippen LogP contribution in [0, 0.1) is 0 Å². The summed E-state index contributed by atoms with van der Waals surface area (Å²) in [5.74, 6) is 0.584. The fourth-order valence-corrected chi connectivity index (χ4v) is 2.81. The first-order valence-corrected chi connectivity index (χ1v) is 7.63. The first kappa shape index (κ1) is 15.5. The van der Waals surface area contributed by atoms with Crippen LogP contribution in [0.25, 0.3) is 11.1 Å². The standard InChI is InChI=1S/C18H20N2O3/c1-12(2)20-16-6-4-13(8-15(16)10-23-11-18(20)21)14-5-7-17(22-3)19-9-14/h4-9,12H,10-11H2,1-3H3. The molecule has 0 unspecified atom stereocenters. The summed E-state index contributed by atoms with van der Waals surface area (Å²) in [4.78, 5) is 18.3. The maximum absolute atomic E-state index is 12.2. The van der Waals surface area contributed by atoms with E-state index in [2.05, 4.69) is 11.1 Å². The van der Waals surface area contributed by atoms with Gasteiger partial charge in [-0.1, -0.05) is 6.07 Å². The Hall–Kier alpha value is -2.40. The van der Waals surface area contributed by atoms with Crippen LogP contribution in [0.15, 0.2) is 36.5 Å². The molecule has 2 heterocycles. The molecule has 0 N–H and O–H groups in total. The normalized spacial score (nSPS) is 14.6. The minimum Gasteiger partial charge on any atom is -0.481 e. The number of benzene rings is 1. The molecule has 2 aromatic rings. The van der Waals surface area contributed by atoms with Crippen molar-refractivity contribution in [1.29, 1.82) is 0 Å². The second-order valence-corrected chi connectivity index (χ2v) is 5.78. The van der Waals surface area contributed by atoms with E-state index in [0.29, 0.717) is 12.5 Å². The van der Waals surface area contributed by atoms with Gasteiger partial charge >= 0.3 is 0 Å². The molecule has 120 valence electrons. The number of pyridine rings is 1. The predicted molar refractivity (Wildman–Crippen MR) is 88.5 cm³/mol. The van der Waals surface area contributed by atoms with Crippen molar-refractivity contribution >= 4 is 11.6 Å². The van der Waals surface area contributed by atoms with E-state index in [9.17, 15) is 4.79 Å². The quantitative estimate of drug-likeness (QED) is 0.874. The van der Waals surface area contributed by atoms with Crippen LogP contribution >= 0.6 is 0 Å².